The molecule has 2 heterocycles. The van der Waals surface area contributed by atoms with Crippen LogP contribution in [0.4, 0.5) is 5.69 Å². The highest BCUT2D eigenvalue weighted by atomic mass is 35.5. The molecule has 0 amide bonds. The third-order valence-corrected chi connectivity index (χ3v) is 6.10. The molecular weight excluding hydrogens is 402 g/mol. The van der Waals surface area contributed by atoms with Crippen molar-refractivity contribution in [2.45, 2.75) is 44.4 Å². The predicted octanol–water partition coefficient (Wildman–Crippen LogP) is 3.10. The van der Waals surface area contributed by atoms with E-state index >= 15 is 0 Å². The second-order valence-electron chi connectivity index (χ2n) is 7.25. The fourth-order valence-electron chi connectivity index (χ4n) is 3.04. The van der Waals surface area contributed by atoms with Crippen molar-refractivity contribution in [2.24, 2.45) is 4.99 Å². The van der Waals surface area contributed by atoms with Crippen molar-refractivity contribution in [3.63, 3.8) is 0 Å². The summed E-state index contributed by atoms with van der Waals surface area (Å²) in [5, 5.41) is 14.8. The van der Waals surface area contributed by atoms with Crippen molar-refractivity contribution in [1.82, 2.24) is 14.8 Å². The zero-order valence-electron chi connectivity index (χ0n) is 15.8. The van der Waals surface area contributed by atoms with Gasteiger partial charge in [0, 0.05) is 11.6 Å². The van der Waals surface area contributed by atoms with Crippen LogP contribution in [0.15, 0.2) is 34.4 Å². The second kappa shape index (κ2) is 7.23. The van der Waals surface area contributed by atoms with E-state index in [0.717, 1.165) is 16.5 Å². The SMILES string of the molecule is C=NCc1c[nH]c2c(NS(=O)(=O)c3cnn(CC(C)(C)O)c3Cl)ccc(C)c12. The summed E-state index contributed by atoms with van der Waals surface area (Å²) in [4.78, 5) is 6.85. The van der Waals surface area contributed by atoms with Crippen LogP contribution in [-0.2, 0) is 23.1 Å². The molecule has 0 unspecified atom stereocenters. The first-order chi connectivity index (χ1) is 13.0. The van der Waals surface area contributed by atoms with Crippen molar-refractivity contribution >= 4 is 44.9 Å². The molecule has 1 aromatic carbocycles. The Morgan fingerprint density at radius 3 is 2.79 bits per heavy atom. The van der Waals surface area contributed by atoms with Crippen LogP contribution < -0.4 is 4.72 Å². The molecule has 0 saturated heterocycles. The van der Waals surface area contributed by atoms with Gasteiger partial charge in [-0.2, -0.15) is 5.10 Å². The Kier molecular flexibility index (Phi) is 5.26. The first kappa shape index (κ1) is 20.4. The molecule has 3 aromatic rings. The van der Waals surface area contributed by atoms with Gasteiger partial charge in [-0.3, -0.25) is 9.71 Å². The van der Waals surface area contributed by atoms with Gasteiger partial charge in [0.25, 0.3) is 10.0 Å². The number of anilines is 1. The molecule has 0 bridgehead atoms. The second-order valence-corrected chi connectivity index (χ2v) is 9.26. The van der Waals surface area contributed by atoms with E-state index < -0.39 is 15.6 Å². The standard InChI is InChI=1S/C18H22ClN5O3S/c1-11-5-6-13(16-15(11)12(7-20-4)8-21-16)23-28(26,27)14-9-22-24(17(14)19)10-18(2,3)25/h5-6,8-9,21,23,25H,4,7,10H2,1-3H3. The molecule has 0 aliphatic heterocycles. The van der Waals surface area contributed by atoms with Gasteiger partial charge >= 0.3 is 0 Å². The lowest BCUT2D eigenvalue weighted by molar-refractivity contribution is 0.0577. The van der Waals surface area contributed by atoms with Crippen molar-refractivity contribution < 1.29 is 13.5 Å². The lowest BCUT2D eigenvalue weighted by Gasteiger charge is -2.17. The number of fused-ring (bicyclic) bond motifs is 1. The zero-order chi connectivity index (χ0) is 20.7. The largest absolute Gasteiger partial charge is 0.389 e. The predicted molar refractivity (Wildman–Crippen MR) is 111 cm³/mol. The summed E-state index contributed by atoms with van der Waals surface area (Å²) in [5.41, 5.74) is 1.88. The molecule has 0 spiro atoms. The normalized spacial score (nSPS) is 12.5. The highest BCUT2D eigenvalue weighted by molar-refractivity contribution is 7.92. The maximum absolute atomic E-state index is 12.9. The summed E-state index contributed by atoms with van der Waals surface area (Å²) in [6, 6.07) is 3.52. The highest BCUT2D eigenvalue weighted by Crippen LogP contribution is 2.32. The number of nitrogens with zero attached hydrogens (tertiary/aromatic N) is 3. The van der Waals surface area contributed by atoms with Crippen LogP contribution in [0, 0.1) is 6.92 Å². The third-order valence-electron chi connectivity index (χ3n) is 4.22. The number of hydrogen-bond acceptors (Lipinski definition) is 5. The van der Waals surface area contributed by atoms with E-state index in [0.29, 0.717) is 17.7 Å². The number of benzene rings is 1. The van der Waals surface area contributed by atoms with Crippen molar-refractivity contribution in [2.75, 3.05) is 4.72 Å². The minimum Gasteiger partial charge on any atom is -0.389 e. The van der Waals surface area contributed by atoms with Crippen molar-refractivity contribution in [3.8, 4) is 0 Å². The number of aromatic amines is 1. The smallest absolute Gasteiger partial charge is 0.266 e. The Morgan fingerprint density at radius 1 is 1.43 bits per heavy atom. The van der Waals surface area contributed by atoms with E-state index in [9.17, 15) is 13.5 Å². The average Bonchev–Trinajstić information content (AvgIpc) is 3.15. The van der Waals surface area contributed by atoms with Gasteiger partial charge in [0.15, 0.2) is 0 Å². The van der Waals surface area contributed by atoms with Gasteiger partial charge in [0.1, 0.15) is 10.0 Å². The van der Waals surface area contributed by atoms with E-state index in [1.54, 1.807) is 26.1 Å². The van der Waals surface area contributed by atoms with Crippen LogP contribution >= 0.6 is 11.6 Å². The molecule has 3 rings (SSSR count). The maximum atomic E-state index is 12.9. The topological polar surface area (TPSA) is 112 Å². The molecule has 0 atom stereocenters. The number of nitrogens with one attached hydrogen (secondary N) is 2. The Labute approximate surface area is 168 Å². The molecule has 0 saturated carbocycles. The van der Waals surface area contributed by atoms with E-state index in [4.69, 9.17) is 11.6 Å². The third kappa shape index (κ3) is 3.91. The van der Waals surface area contributed by atoms with Gasteiger partial charge in [-0.05, 0) is 44.7 Å². The minimum absolute atomic E-state index is 0.0602. The molecule has 28 heavy (non-hydrogen) atoms. The number of aliphatic imine (C=N–C) groups is 1. The van der Waals surface area contributed by atoms with Gasteiger partial charge in [0.05, 0.1) is 36.1 Å². The van der Waals surface area contributed by atoms with E-state index in [-0.39, 0.29) is 16.6 Å². The number of hydrogen-bond donors (Lipinski definition) is 3. The van der Waals surface area contributed by atoms with E-state index in [1.165, 1.54) is 10.9 Å². The van der Waals surface area contributed by atoms with Crippen LogP contribution in [0.3, 0.4) is 0 Å². The van der Waals surface area contributed by atoms with Crippen LogP contribution in [0.1, 0.15) is 25.0 Å². The number of H-pyrrole nitrogens is 1. The van der Waals surface area contributed by atoms with Gasteiger partial charge in [-0.1, -0.05) is 17.7 Å². The van der Waals surface area contributed by atoms with E-state index in [2.05, 4.69) is 26.5 Å². The molecule has 8 nitrogen and oxygen atoms in total. The fraction of sp³-hybridized carbons (Fsp3) is 0.333. The van der Waals surface area contributed by atoms with Gasteiger partial charge < -0.3 is 10.1 Å². The lowest BCUT2D eigenvalue weighted by Crippen LogP contribution is -2.26. The number of aryl methyl sites for hydroxylation is 1. The molecule has 10 heteroatoms. The van der Waals surface area contributed by atoms with Gasteiger partial charge in [-0.25, -0.2) is 13.1 Å². The van der Waals surface area contributed by atoms with Crippen LogP contribution in [0.5, 0.6) is 0 Å². The summed E-state index contributed by atoms with van der Waals surface area (Å²) in [6.45, 7) is 9.11. The average molecular weight is 424 g/mol. The minimum atomic E-state index is -3.99. The summed E-state index contributed by atoms with van der Waals surface area (Å²) in [6.07, 6.45) is 2.96. The Hall–Kier alpha value is -2.36. The first-order valence-electron chi connectivity index (χ1n) is 8.52. The number of halogens is 1. The van der Waals surface area contributed by atoms with E-state index in [1.807, 2.05) is 13.0 Å². The Morgan fingerprint density at radius 2 is 2.14 bits per heavy atom. The molecule has 0 aliphatic carbocycles. The quantitative estimate of drug-likeness (QED) is 0.507. The summed E-state index contributed by atoms with van der Waals surface area (Å²) < 4.78 is 29.6. The fourth-order valence-corrected chi connectivity index (χ4v) is 4.58. The molecule has 0 radical (unpaired) electrons. The van der Waals surface area contributed by atoms with Crippen LogP contribution in [0.2, 0.25) is 5.15 Å². The molecule has 2 aromatic heterocycles. The van der Waals surface area contributed by atoms with Gasteiger partial charge in [-0.15, -0.1) is 0 Å². The monoisotopic (exact) mass is 423 g/mol. The van der Waals surface area contributed by atoms with Crippen molar-refractivity contribution in [3.05, 3.63) is 40.8 Å². The molecule has 0 fully saturated rings. The van der Waals surface area contributed by atoms with Crippen LogP contribution in [-0.4, -0.2) is 40.6 Å². The molecule has 150 valence electrons. The molecule has 0 aliphatic rings. The number of rotatable bonds is 7. The molecular formula is C18H22ClN5O3S. The Bertz CT molecular complexity index is 1140. The highest BCUT2D eigenvalue weighted by Gasteiger charge is 2.26. The summed E-state index contributed by atoms with van der Waals surface area (Å²) in [5.74, 6) is 0. The number of aromatic nitrogens is 3. The number of aliphatic hydroxyl groups is 1. The summed E-state index contributed by atoms with van der Waals surface area (Å²) >= 11 is 6.21. The first-order valence-corrected chi connectivity index (χ1v) is 10.4. The Balaban J connectivity index is 2.00. The summed E-state index contributed by atoms with van der Waals surface area (Å²) in [7, 11) is -3.99. The van der Waals surface area contributed by atoms with Gasteiger partial charge in [0.2, 0.25) is 0 Å². The lowest BCUT2D eigenvalue weighted by atomic mass is 10.1. The van der Waals surface area contributed by atoms with Crippen molar-refractivity contribution in [1.29, 1.82) is 0 Å². The maximum Gasteiger partial charge on any atom is 0.266 e. The van der Waals surface area contributed by atoms with Crippen LogP contribution in [0.25, 0.3) is 10.9 Å². The zero-order valence-corrected chi connectivity index (χ0v) is 17.4. The number of sulfonamides is 1. The molecule has 3 N–H and O–H groups in total.